The van der Waals surface area contributed by atoms with Crippen molar-refractivity contribution in [3.05, 3.63) is 35.9 Å². The van der Waals surface area contributed by atoms with Gasteiger partial charge in [-0.2, -0.15) is 0 Å². The average Bonchev–Trinajstić information content (AvgIpc) is 2.70. The molecule has 0 aliphatic rings. The second-order valence-electron chi connectivity index (χ2n) is 7.12. The highest BCUT2D eigenvalue weighted by atomic mass is 16.5. The fourth-order valence-electron chi connectivity index (χ4n) is 3.22. The van der Waals surface area contributed by atoms with Gasteiger partial charge < -0.3 is 9.47 Å². The van der Waals surface area contributed by atoms with Crippen molar-refractivity contribution in [2.75, 3.05) is 0 Å². The molecule has 0 aliphatic carbocycles. The van der Waals surface area contributed by atoms with Gasteiger partial charge in [-0.05, 0) is 30.9 Å². The molecule has 2 aromatic carbocycles. The highest BCUT2D eigenvalue weighted by molar-refractivity contribution is 5.97. The molecular formula is C24H32O4. The predicted octanol–water partition coefficient (Wildman–Crippen LogP) is 6.37. The third-order valence-electron chi connectivity index (χ3n) is 4.82. The molecule has 152 valence electrons. The van der Waals surface area contributed by atoms with Crippen LogP contribution in [0.15, 0.2) is 30.3 Å². The summed E-state index contributed by atoms with van der Waals surface area (Å²) in [5.41, 5.74) is 0.874. The van der Waals surface area contributed by atoms with Gasteiger partial charge in [0.05, 0.1) is 0 Å². The number of ether oxygens (including phenoxy) is 2. The molecule has 0 spiro atoms. The Morgan fingerprint density at radius 3 is 1.93 bits per heavy atom. The molecule has 4 nitrogen and oxygen atoms in total. The van der Waals surface area contributed by atoms with E-state index in [9.17, 15) is 9.59 Å². The number of fused-ring (bicyclic) bond motifs is 1. The second-order valence-corrected chi connectivity index (χ2v) is 7.12. The lowest BCUT2D eigenvalue weighted by Crippen LogP contribution is -2.11. The maximum atomic E-state index is 12.3. The van der Waals surface area contributed by atoms with Crippen LogP contribution in [0.2, 0.25) is 0 Å². The third kappa shape index (κ3) is 6.08. The van der Waals surface area contributed by atoms with E-state index in [1.54, 1.807) is 0 Å². The van der Waals surface area contributed by atoms with Crippen LogP contribution in [0.3, 0.4) is 0 Å². The molecule has 0 bridgehead atoms. The Balaban J connectivity index is 2.29. The van der Waals surface area contributed by atoms with E-state index in [0.29, 0.717) is 30.8 Å². The summed E-state index contributed by atoms with van der Waals surface area (Å²) in [5.74, 6) is 0.702. The van der Waals surface area contributed by atoms with Gasteiger partial charge in [-0.3, -0.25) is 9.59 Å². The first-order chi connectivity index (χ1) is 13.6. The van der Waals surface area contributed by atoms with E-state index in [2.05, 4.69) is 13.8 Å². The summed E-state index contributed by atoms with van der Waals surface area (Å²) in [6.45, 7) is 6.22. The van der Waals surface area contributed by atoms with Crippen molar-refractivity contribution < 1.29 is 19.1 Å². The molecule has 0 saturated carbocycles. The Morgan fingerprint density at radius 2 is 1.36 bits per heavy atom. The minimum absolute atomic E-state index is 0.211. The van der Waals surface area contributed by atoms with Crippen molar-refractivity contribution in [2.45, 2.75) is 78.6 Å². The number of hydrogen-bond acceptors (Lipinski definition) is 4. The van der Waals surface area contributed by atoms with E-state index < -0.39 is 0 Å². The predicted molar refractivity (Wildman–Crippen MR) is 113 cm³/mol. The molecule has 0 aliphatic heterocycles. The van der Waals surface area contributed by atoms with Gasteiger partial charge >= 0.3 is 11.9 Å². The fraction of sp³-hybridized carbons (Fsp3) is 0.500. The number of benzene rings is 2. The number of carbonyl (C=O) groups is 2. The van der Waals surface area contributed by atoms with Crippen LogP contribution in [-0.4, -0.2) is 11.9 Å². The monoisotopic (exact) mass is 384 g/mol. The van der Waals surface area contributed by atoms with Gasteiger partial charge in [0.2, 0.25) is 0 Å². The van der Waals surface area contributed by atoms with E-state index >= 15 is 0 Å². The van der Waals surface area contributed by atoms with Crippen LogP contribution in [0.4, 0.5) is 0 Å². The summed E-state index contributed by atoms with van der Waals surface area (Å²) in [5, 5.41) is 1.60. The van der Waals surface area contributed by atoms with Crippen LogP contribution < -0.4 is 9.47 Å². The van der Waals surface area contributed by atoms with Gasteiger partial charge in [-0.1, -0.05) is 70.7 Å². The normalized spacial score (nSPS) is 10.8. The molecule has 0 N–H and O–H groups in total. The van der Waals surface area contributed by atoms with E-state index in [1.807, 2.05) is 37.3 Å². The Labute approximate surface area is 168 Å². The lowest BCUT2D eigenvalue weighted by Gasteiger charge is -2.16. The smallest absolute Gasteiger partial charge is 0.311 e. The van der Waals surface area contributed by atoms with Gasteiger partial charge in [0.1, 0.15) is 11.5 Å². The maximum absolute atomic E-state index is 12.3. The first-order valence-corrected chi connectivity index (χ1v) is 10.6. The second kappa shape index (κ2) is 11.5. The summed E-state index contributed by atoms with van der Waals surface area (Å²) in [7, 11) is 0. The Bertz CT molecular complexity index is 795. The summed E-state index contributed by atoms with van der Waals surface area (Å²) in [6, 6.07) is 9.46. The maximum Gasteiger partial charge on any atom is 0.311 e. The van der Waals surface area contributed by atoms with Crippen molar-refractivity contribution in [1.29, 1.82) is 0 Å². The van der Waals surface area contributed by atoms with Crippen molar-refractivity contribution in [3.63, 3.8) is 0 Å². The van der Waals surface area contributed by atoms with Crippen LogP contribution in [0.25, 0.3) is 10.8 Å². The topological polar surface area (TPSA) is 52.6 Å². The molecule has 2 aromatic rings. The van der Waals surface area contributed by atoms with Crippen LogP contribution in [0.5, 0.6) is 11.5 Å². The lowest BCUT2D eigenvalue weighted by molar-refractivity contribution is -0.135. The van der Waals surface area contributed by atoms with E-state index in [4.69, 9.17) is 9.47 Å². The molecule has 2 rings (SSSR count). The highest BCUT2D eigenvalue weighted by Crippen LogP contribution is 2.37. The van der Waals surface area contributed by atoms with Crippen molar-refractivity contribution in [3.8, 4) is 11.5 Å². The van der Waals surface area contributed by atoms with Crippen LogP contribution >= 0.6 is 0 Å². The third-order valence-corrected chi connectivity index (χ3v) is 4.82. The summed E-state index contributed by atoms with van der Waals surface area (Å²) < 4.78 is 11.4. The molecule has 0 aromatic heterocycles. The fourth-order valence-corrected chi connectivity index (χ4v) is 3.22. The molecule has 4 heteroatoms. The quantitative estimate of drug-likeness (QED) is 0.256. The zero-order valence-corrected chi connectivity index (χ0v) is 17.4. The van der Waals surface area contributed by atoms with Gasteiger partial charge in [-0.25, -0.2) is 0 Å². The standard InChI is InChI=1S/C24H32O4/c1-4-7-9-15-22(25)27-21-17-18(6-3)24(20-14-12-11-13-19(20)21)28-23(26)16-10-8-5-2/h11-14,17H,4-10,15-16H2,1-3H3. The molecule has 0 fully saturated rings. The van der Waals surface area contributed by atoms with Gasteiger partial charge in [0, 0.05) is 23.6 Å². The van der Waals surface area contributed by atoms with Gasteiger partial charge in [0.25, 0.3) is 0 Å². The SMILES string of the molecule is CCCCCC(=O)Oc1cc(CC)c(OC(=O)CCCCC)c2ccccc12. The number of aryl methyl sites for hydroxylation is 1. The minimum atomic E-state index is -0.218. The summed E-state index contributed by atoms with van der Waals surface area (Å²) in [6.07, 6.45) is 7.35. The minimum Gasteiger partial charge on any atom is -0.426 e. The molecule has 28 heavy (non-hydrogen) atoms. The number of esters is 2. The number of unbranched alkanes of at least 4 members (excludes halogenated alkanes) is 4. The van der Waals surface area contributed by atoms with Crippen molar-refractivity contribution in [2.24, 2.45) is 0 Å². The molecule has 0 heterocycles. The number of carbonyl (C=O) groups excluding carboxylic acids is 2. The Morgan fingerprint density at radius 1 is 0.786 bits per heavy atom. The first-order valence-electron chi connectivity index (χ1n) is 10.6. The van der Waals surface area contributed by atoms with Crippen LogP contribution in [0.1, 0.15) is 77.7 Å². The molecule has 0 atom stereocenters. The molecular weight excluding hydrogens is 352 g/mol. The van der Waals surface area contributed by atoms with Gasteiger partial charge in [-0.15, -0.1) is 0 Å². The molecule has 0 unspecified atom stereocenters. The number of rotatable bonds is 11. The van der Waals surface area contributed by atoms with Crippen LogP contribution in [0, 0.1) is 0 Å². The van der Waals surface area contributed by atoms with Crippen molar-refractivity contribution >= 4 is 22.7 Å². The summed E-state index contributed by atoms with van der Waals surface area (Å²) >= 11 is 0. The largest absolute Gasteiger partial charge is 0.426 e. The summed E-state index contributed by atoms with van der Waals surface area (Å²) in [4.78, 5) is 24.5. The van der Waals surface area contributed by atoms with E-state index in [1.165, 1.54) is 0 Å². The average molecular weight is 385 g/mol. The first kappa shape index (κ1) is 21.9. The molecule has 0 saturated heterocycles. The Hall–Kier alpha value is -2.36. The van der Waals surface area contributed by atoms with E-state index in [-0.39, 0.29) is 11.9 Å². The highest BCUT2D eigenvalue weighted by Gasteiger charge is 2.17. The number of hydrogen-bond donors (Lipinski definition) is 0. The lowest BCUT2D eigenvalue weighted by atomic mass is 10.0. The molecule has 0 amide bonds. The zero-order chi connectivity index (χ0) is 20.4. The zero-order valence-electron chi connectivity index (χ0n) is 17.4. The van der Waals surface area contributed by atoms with E-state index in [0.717, 1.165) is 54.9 Å². The Kier molecular flexibility index (Phi) is 8.99. The van der Waals surface area contributed by atoms with Crippen molar-refractivity contribution in [1.82, 2.24) is 0 Å². The van der Waals surface area contributed by atoms with Crippen LogP contribution in [-0.2, 0) is 16.0 Å². The molecule has 0 radical (unpaired) electrons. The van der Waals surface area contributed by atoms with Gasteiger partial charge in [0.15, 0.2) is 0 Å².